The van der Waals surface area contributed by atoms with Crippen molar-refractivity contribution < 1.29 is 32.3 Å². The van der Waals surface area contributed by atoms with Gasteiger partial charge in [0.05, 0.1) is 0 Å². The van der Waals surface area contributed by atoms with Crippen molar-refractivity contribution in [2.75, 3.05) is 13.2 Å². The standard InChI is InChI=1S/C26H26F3N3O4/c27-20-9-15(10-21(28)24(20)29)12-31-8-2-1-3-17(31)14-36-18-4-5-19-16(11-18)13-32(26(19)35)22-6-7-23(33)30-25(22)34/h4-5,9-11,17,22H,1-3,6-8,12-14H2,(H,30,33,34)/t17-,22?/m1/s1. The van der Waals surface area contributed by atoms with Crippen LogP contribution < -0.4 is 10.1 Å². The minimum absolute atomic E-state index is 0.00443. The number of carbonyl (C=O) groups is 3. The number of benzene rings is 2. The van der Waals surface area contributed by atoms with Gasteiger partial charge in [-0.25, -0.2) is 13.2 Å². The van der Waals surface area contributed by atoms with Crippen LogP contribution in [0, 0.1) is 17.5 Å². The second kappa shape index (κ2) is 9.93. The zero-order valence-electron chi connectivity index (χ0n) is 19.6. The van der Waals surface area contributed by atoms with Crippen molar-refractivity contribution in [1.29, 1.82) is 0 Å². The van der Waals surface area contributed by atoms with Gasteiger partial charge in [-0.05, 0) is 67.3 Å². The smallest absolute Gasteiger partial charge is 0.255 e. The Labute approximate surface area is 206 Å². The number of hydrogen-bond donors (Lipinski definition) is 1. The molecule has 0 aliphatic carbocycles. The Morgan fingerprint density at radius 2 is 1.78 bits per heavy atom. The molecule has 0 aromatic heterocycles. The van der Waals surface area contributed by atoms with Crippen molar-refractivity contribution >= 4 is 17.7 Å². The summed E-state index contributed by atoms with van der Waals surface area (Å²) in [6, 6.07) is 6.56. The maximum Gasteiger partial charge on any atom is 0.255 e. The fourth-order valence-corrected chi connectivity index (χ4v) is 5.22. The summed E-state index contributed by atoms with van der Waals surface area (Å²) in [6.45, 7) is 1.61. The first-order valence-electron chi connectivity index (χ1n) is 12.1. The topological polar surface area (TPSA) is 79.0 Å². The summed E-state index contributed by atoms with van der Waals surface area (Å²) in [6.07, 6.45) is 3.28. The van der Waals surface area contributed by atoms with Crippen LogP contribution >= 0.6 is 0 Å². The Morgan fingerprint density at radius 3 is 2.53 bits per heavy atom. The number of amides is 3. The van der Waals surface area contributed by atoms with Crippen molar-refractivity contribution in [3.8, 4) is 5.75 Å². The summed E-state index contributed by atoms with van der Waals surface area (Å²) in [4.78, 5) is 40.1. The SMILES string of the molecule is O=C1CCC(N2Cc3cc(OC[C@H]4CCCCN4Cc4cc(F)c(F)c(F)c4)ccc3C2=O)C(=O)N1. The number of carbonyl (C=O) groups excluding carboxylic acids is 3. The zero-order valence-corrected chi connectivity index (χ0v) is 19.6. The first-order chi connectivity index (χ1) is 17.3. The van der Waals surface area contributed by atoms with Crippen molar-refractivity contribution in [2.45, 2.75) is 57.3 Å². The molecule has 1 N–H and O–H groups in total. The van der Waals surface area contributed by atoms with E-state index in [1.54, 1.807) is 18.2 Å². The van der Waals surface area contributed by atoms with Crippen LogP contribution in [-0.4, -0.2) is 52.8 Å². The molecule has 3 aliphatic rings. The molecule has 1 unspecified atom stereocenters. The quantitative estimate of drug-likeness (QED) is 0.486. The van der Waals surface area contributed by atoms with Crippen molar-refractivity contribution in [3.05, 3.63) is 64.5 Å². The number of hydrogen-bond acceptors (Lipinski definition) is 5. The zero-order chi connectivity index (χ0) is 25.4. The highest BCUT2D eigenvalue weighted by Gasteiger charge is 2.39. The fraction of sp³-hybridized carbons (Fsp3) is 0.423. The van der Waals surface area contributed by atoms with Crippen LogP contribution in [0.25, 0.3) is 0 Å². The van der Waals surface area contributed by atoms with Crippen LogP contribution in [0.1, 0.15) is 53.6 Å². The summed E-state index contributed by atoms with van der Waals surface area (Å²) < 4.78 is 46.7. The van der Waals surface area contributed by atoms with Gasteiger partial charge in [0.2, 0.25) is 11.8 Å². The molecule has 3 heterocycles. The maximum atomic E-state index is 13.7. The van der Waals surface area contributed by atoms with Gasteiger partial charge in [-0.1, -0.05) is 6.42 Å². The first-order valence-corrected chi connectivity index (χ1v) is 12.1. The molecule has 0 saturated carbocycles. The fourth-order valence-electron chi connectivity index (χ4n) is 5.22. The van der Waals surface area contributed by atoms with Crippen LogP contribution in [0.3, 0.4) is 0 Å². The van der Waals surface area contributed by atoms with E-state index in [4.69, 9.17) is 4.74 Å². The van der Waals surface area contributed by atoms with E-state index in [2.05, 4.69) is 10.2 Å². The lowest BCUT2D eigenvalue weighted by Gasteiger charge is -2.35. The molecule has 3 aliphatic heterocycles. The second-order valence-electron chi connectivity index (χ2n) is 9.52. The van der Waals surface area contributed by atoms with E-state index in [9.17, 15) is 27.6 Å². The molecule has 0 radical (unpaired) electrons. The number of likely N-dealkylation sites (tertiary alicyclic amines) is 1. The number of nitrogens with zero attached hydrogens (tertiary/aromatic N) is 2. The number of imide groups is 1. The maximum absolute atomic E-state index is 13.7. The summed E-state index contributed by atoms with van der Waals surface area (Å²) in [5.41, 5.74) is 1.62. The monoisotopic (exact) mass is 501 g/mol. The average molecular weight is 502 g/mol. The Kier molecular flexibility index (Phi) is 6.70. The van der Waals surface area contributed by atoms with E-state index < -0.39 is 29.4 Å². The largest absolute Gasteiger partial charge is 0.492 e. The molecule has 190 valence electrons. The molecule has 3 amide bonds. The lowest BCUT2D eigenvalue weighted by molar-refractivity contribution is -0.136. The summed E-state index contributed by atoms with van der Waals surface area (Å²) in [5, 5.41) is 2.29. The van der Waals surface area contributed by atoms with E-state index >= 15 is 0 Å². The summed E-state index contributed by atoms with van der Waals surface area (Å²) in [7, 11) is 0. The molecule has 2 fully saturated rings. The minimum Gasteiger partial charge on any atom is -0.492 e. The molecule has 36 heavy (non-hydrogen) atoms. The van der Waals surface area contributed by atoms with E-state index in [1.807, 2.05) is 0 Å². The predicted octanol–water partition coefficient (Wildman–Crippen LogP) is 3.30. The van der Waals surface area contributed by atoms with E-state index in [-0.39, 0.29) is 37.4 Å². The van der Waals surface area contributed by atoms with Crippen LogP contribution in [0.4, 0.5) is 13.2 Å². The highest BCUT2D eigenvalue weighted by Crippen LogP contribution is 2.31. The van der Waals surface area contributed by atoms with Gasteiger partial charge in [-0.2, -0.15) is 0 Å². The first kappa shape index (κ1) is 24.3. The van der Waals surface area contributed by atoms with Crippen LogP contribution in [0.2, 0.25) is 0 Å². The Morgan fingerprint density at radius 1 is 1.00 bits per heavy atom. The third kappa shape index (κ3) is 4.82. The number of piperidine rings is 2. The third-order valence-electron chi connectivity index (χ3n) is 7.12. The van der Waals surface area contributed by atoms with E-state index in [1.165, 1.54) is 4.90 Å². The van der Waals surface area contributed by atoms with Crippen molar-refractivity contribution in [1.82, 2.24) is 15.1 Å². The number of nitrogens with one attached hydrogen (secondary N) is 1. The number of halogens is 3. The number of ether oxygens (including phenoxy) is 1. The highest BCUT2D eigenvalue weighted by molar-refractivity contribution is 6.05. The molecule has 2 saturated heterocycles. The van der Waals surface area contributed by atoms with Gasteiger partial charge in [0.25, 0.3) is 5.91 Å². The Hall–Kier alpha value is -3.40. The van der Waals surface area contributed by atoms with Crippen molar-refractivity contribution in [3.63, 3.8) is 0 Å². The van der Waals surface area contributed by atoms with Gasteiger partial charge in [0, 0.05) is 31.1 Å². The number of rotatable bonds is 6. The minimum atomic E-state index is -1.47. The van der Waals surface area contributed by atoms with Crippen LogP contribution in [-0.2, 0) is 22.7 Å². The predicted molar refractivity (Wildman–Crippen MR) is 122 cm³/mol. The van der Waals surface area contributed by atoms with E-state index in [0.717, 1.165) is 43.5 Å². The summed E-state index contributed by atoms with van der Waals surface area (Å²) in [5.74, 6) is -4.32. The highest BCUT2D eigenvalue weighted by atomic mass is 19.2. The van der Waals surface area contributed by atoms with Crippen molar-refractivity contribution in [2.24, 2.45) is 0 Å². The lowest BCUT2D eigenvalue weighted by Crippen LogP contribution is -2.52. The molecule has 0 spiro atoms. The molecular weight excluding hydrogens is 475 g/mol. The van der Waals surface area contributed by atoms with Gasteiger partial charge in [-0.3, -0.25) is 24.6 Å². The van der Waals surface area contributed by atoms with Gasteiger partial charge in [0.1, 0.15) is 18.4 Å². The van der Waals surface area contributed by atoms with Gasteiger partial charge in [0.15, 0.2) is 17.5 Å². The molecule has 2 aromatic carbocycles. The number of fused-ring (bicyclic) bond motifs is 1. The summed E-state index contributed by atoms with van der Waals surface area (Å²) >= 11 is 0. The average Bonchev–Trinajstić information content (AvgIpc) is 3.17. The normalized spacial score (nSPS) is 22.5. The molecule has 7 nitrogen and oxygen atoms in total. The van der Waals surface area contributed by atoms with Gasteiger partial charge >= 0.3 is 0 Å². The molecule has 10 heteroatoms. The van der Waals surface area contributed by atoms with Gasteiger partial charge < -0.3 is 9.64 Å². The third-order valence-corrected chi connectivity index (χ3v) is 7.12. The second-order valence-corrected chi connectivity index (χ2v) is 9.52. The Balaban J connectivity index is 1.23. The molecule has 2 aromatic rings. The molecular formula is C26H26F3N3O4. The molecule has 0 bridgehead atoms. The molecule has 2 atom stereocenters. The van der Waals surface area contributed by atoms with Crippen LogP contribution in [0.15, 0.2) is 30.3 Å². The van der Waals surface area contributed by atoms with Gasteiger partial charge in [-0.15, -0.1) is 0 Å². The lowest BCUT2D eigenvalue weighted by atomic mass is 10.0. The van der Waals surface area contributed by atoms with Crippen LogP contribution in [0.5, 0.6) is 5.75 Å². The Bertz CT molecular complexity index is 1200. The molecule has 5 rings (SSSR count). The van der Waals surface area contributed by atoms with E-state index in [0.29, 0.717) is 29.9 Å².